The zero-order valence-electron chi connectivity index (χ0n) is 16.1. The van der Waals surface area contributed by atoms with E-state index in [1.165, 1.54) is 28.6 Å². The number of hydrogen-bond acceptors (Lipinski definition) is 4. The lowest BCUT2D eigenvalue weighted by Crippen LogP contribution is -2.50. The summed E-state index contributed by atoms with van der Waals surface area (Å²) in [6, 6.07) is 5.19. The van der Waals surface area contributed by atoms with Crippen LogP contribution in [0.4, 0.5) is 0 Å². The monoisotopic (exact) mass is 396 g/mol. The van der Waals surface area contributed by atoms with Crippen molar-refractivity contribution in [3.63, 3.8) is 0 Å². The highest BCUT2D eigenvalue weighted by Gasteiger charge is 2.34. The Balaban J connectivity index is 2.01. The molecule has 0 radical (unpaired) electrons. The number of hydrogen-bond donors (Lipinski definition) is 2. The first kappa shape index (κ1) is 21.4. The number of sulfonamides is 1. The lowest BCUT2D eigenvalue weighted by molar-refractivity contribution is -0.128. The molecule has 0 aromatic heterocycles. The summed E-state index contributed by atoms with van der Waals surface area (Å²) in [4.78, 5) is 23.5. The highest BCUT2D eigenvalue weighted by atomic mass is 32.2. The van der Waals surface area contributed by atoms with Crippen LogP contribution >= 0.6 is 0 Å². The second-order valence-corrected chi connectivity index (χ2v) is 9.20. The number of carbonyl (C=O) groups excluding carboxylic acids is 1. The number of nitrogens with zero attached hydrogens (tertiary/aromatic N) is 1. The Morgan fingerprint density at radius 1 is 1.15 bits per heavy atom. The third kappa shape index (κ3) is 4.87. The molecule has 1 aliphatic heterocycles. The van der Waals surface area contributed by atoms with Crippen LogP contribution in [0, 0.1) is 5.92 Å². The Bertz CT molecular complexity index is 777. The molecule has 150 valence electrons. The third-order valence-electron chi connectivity index (χ3n) is 5.55. The Hall–Kier alpha value is -1.93. The minimum atomic E-state index is -3.69. The van der Waals surface area contributed by atoms with Gasteiger partial charge in [0.2, 0.25) is 15.9 Å². The Morgan fingerprint density at radius 2 is 1.67 bits per heavy atom. The van der Waals surface area contributed by atoms with Gasteiger partial charge in [0.15, 0.2) is 0 Å². The number of carboxylic acid groups (broad SMARTS) is 1. The number of piperidine rings is 1. The van der Waals surface area contributed by atoms with E-state index in [0.29, 0.717) is 12.8 Å². The molecular weight excluding hydrogens is 368 g/mol. The molecule has 1 aromatic rings. The van der Waals surface area contributed by atoms with Crippen molar-refractivity contribution in [2.75, 3.05) is 13.1 Å². The van der Waals surface area contributed by atoms with Gasteiger partial charge in [-0.25, -0.2) is 13.2 Å². The summed E-state index contributed by atoms with van der Waals surface area (Å²) < 4.78 is 26.9. The summed E-state index contributed by atoms with van der Waals surface area (Å²) in [5.41, 5.74) is -0.189. The van der Waals surface area contributed by atoms with Crippen LogP contribution in [0.3, 0.4) is 0 Å². The van der Waals surface area contributed by atoms with Crippen LogP contribution in [0.15, 0.2) is 29.2 Å². The van der Waals surface area contributed by atoms with Crippen molar-refractivity contribution in [2.45, 2.75) is 56.9 Å². The fourth-order valence-electron chi connectivity index (χ4n) is 3.10. The molecule has 1 amide bonds. The Kier molecular flexibility index (Phi) is 6.64. The molecular formula is C19H28N2O5S. The van der Waals surface area contributed by atoms with Crippen molar-refractivity contribution in [3.05, 3.63) is 29.8 Å². The average molecular weight is 397 g/mol. The quantitative estimate of drug-likeness (QED) is 0.737. The van der Waals surface area contributed by atoms with E-state index in [4.69, 9.17) is 5.11 Å². The molecule has 27 heavy (non-hydrogen) atoms. The van der Waals surface area contributed by atoms with Crippen LogP contribution in [0.1, 0.15) is 56.8 Å². The van der Waals surface area contributed by atoms with Crippen LogP contribution in [0.2, 0.25) is 0 Å². The highest BCUT2D eigenvalue weighted by Crippen LogP contribution is 2.25. The van der Waals surface area contributed by atoms with E-state index in [0.717, 1.165) is 12.8 Å². The zero-order chi connectivity index (χ0) is 20.2. The molecule has 8 heteroatoms. The van der Waals surface area contributed by atoms with Gasteiger partial charge in [-0.15, -0.1) is 0 Å². The largest absolute Gasteiger partial charge is 0.478 e. The fourth-order valence-corrected chi connectivity index (χ4v) is 4.57. The van der Waals surface area contributed by atoms with Crippen molar-refractivity contribution in [1.29, 1.82) is 0 Å². The smallest absolute Gasteiger partial charge is 0.335 e. The third-order valence-corrected chi connectivity index (χ3v) is 7.46. The first-order valence-electron chi connectivity index (χ1n) is 9.28. The first-order chi connectivity index (χ1) is 12.6. The van der Waals surface area contributed by atoms with Crippen molar-refractivity contribution in [2.24, 2.45) is 5.92 Å². The number of amides is 1. The Labute approximate surface area is 160 Å². The zero-order valence-corrected chi connectivity index (χ0v) is 16.9. The minimum Gasteiger partial charge on any atom is -0.478 e. The van der Waals surface area contributed by atoms with Gasteiger partial charge in [-0.1, -0.05) is 13.8 Å². The van der Waals surface area contributed by atoms with Crippen molar-refractivity contribution < 1.29 is 23.1 Å². The number of carbonyl (C=O) groups is 2. The lowest BCUT2D eigenvalue weighted by Gasteiger charge is -2.34. The molecule has 0 bridgehead atoms. The van der Waals surface area contributed by atoms with Gasteiger partial charge < -0.3 is 10.4 Å². The molecule has 1 aliphatic rings. The maximum Gasteiger partial charge on any atom is 0.335 e. The van der Waals surface area contributed by atoms with Gasteiger partial charge in [0.05, 0.1) is 10.5 Å². The number of nitrogens with one attached hydrogen (secondary N) is 1. The Morgan fingerprint density at radius 3 is 2.11 bits per heavy atom. The summed E-state index contributed by atoms with van der Waals surface area (Å²) >= 11 is 0. The van der Waals surface area contributed by atoms with E-state index in [1.807, 2.05) is 20.8 Å². The molecule has 1 saturated heterocycles. The molecule has 1 fully saturated rings. The van der Waals surface area contributed by atoms with Crippen LogP contribution in [0.5, 0.6) is 0 Å². The van der Waals surface area contributed by atoms with Crippen molar-refractivity contribution >= 4 is 21.9 Å². The van der Waals surface area contributed by atoms with Crippen LogP contribution < -0.4 is 5.32 Å². The van der Waals surface area contributed by atoms with E-state index in [-0.39, 0.29) is 40.9 Å². The molecule has 2 N–H and O–H groups in total. The van der Waals surface area contributed by atoms with Gasteiger partial charge in [0, 0.05) is 24.5 Å². The number of rotatable bonds is 7. The number of carboxylic acids is 1. The summed E-state index contributed by atoms with van der Waals surface area (Å²) in [5.74, 6) is -1.30. The van der Waals surface area contributed by atoms with Gasteiger partial charge in [-0.05, 0) is 56.9 Å². The molecule has 0 aliphatic carbocycles. The molecule has 2 rings (SSSR count). The topological polar surface area (TPSA) is 104 Å². The van der Waals surface area contributed by atoms with Gasteiger partial charge in [0.25, 0.3) is 0 Å². The number of aromatic carboxylic acids is 1. The second kappa shape index (κ2) is 8.39. The highest BCUT2D eigenvalue weighted by molar-refractivity contribution is 7.89. The second-order valence-electron chi connectivity index (χ2n) is 7.26. The molecule has 0 atom stereocenters. The molecule has 0 saturated carbocycles. The minimum absolute atomic E-state index is 0.0101. The van der Waals surface area contributed by atoms with E-state index < -0.39 is 16.0 Å². The maximum atomic E-state index is 12.7. The predicted molar refractivity (Wildman–Crippen MR) is 102 cm³/mol. The standard InChI is InChI=1S/C19H28N2O5S/c1-4-19(3,5-2)20-17(22)14-10-12-21(13-11-14)27(25,26)16-8-6-15(7-9-16)18(23)24/h6-9,14H,4-5,10-13H2,1-3H3,(H,20,22)(H,23,24). The molecule has 1 aromatic carbocycles. The predicted octanol–water partition coefficient (Wildman–Crippen LogP) is 2.48. The van der Waals surface area contributed by atoms with Crippen LogP contribution in [-0.4, -0.2) is 48.3 Å². The van der Waals surface area contributed by atoms with Gasteiger partial charge in [-0.3, -0.25) is 4.79 Å². The summed E-state index contributed by atoms with van der Waals surface area (Å²) in [7, 11) is -3.69. The fraction of sp³-hybridized carbons (Fsp3) is 0.579. The number of benzene rings is 1. The summed E-state index contributed by atoms with van der Waals surface area (Å²) in [6.07, 6.45) is 2.63. The van der Waals surface area contributed by atoms with Gasteiger partial charge in [-0.2, -0.15) is 4.31 Å². The SMILES string of the molecule is CCC(C)(CC)NC(=O)C1CCN(S(=O)(=O)c2ccc(C(=O)O)cc2)CC1. The van der Waals surface area contributed by atoms with E-state index in [2.05, 4.69) is 5.32 Å². The normalized spacial score (nSPS) is 16.9. The molecule has 0 spiro atoms. The van der Waals surface area contributed by atoms with Crippen molar-refractivity contribution in [3.8, 4) is 0 Å². The van der Waals surface area contributed by atoms with Crippen LogP contribution in [0.25, 0.3) is 0 Å². The van der Waals surface area contributed by atoms with E-state index in [9.17, 15) is 18.0 Å². The lowest BCUT2D eigenvalue weighted by atomic mass is 9.91. The summed E-state index contributed by atoms with van der Waals surface area (Å²) in [6.45, 7) is 6.64. The van der Waals surface area contributed by atoms with E-state index in [1.54, 1.807) is 0 Å². The molecule has 1 heterocycles. The first-order valence-corrected chi connectivity index (χ1v) is 10.7. The van der Waals surface area contributed by atoms with Gasteiger partial charge >= 0.3 is 5.97 Å². The maximum absolute atomic E-state index is 12.7. The summed E-state index contributed by atoms with van der Waals surface area (Å²) in [5, 5.41) is 12.0. The average Bonchev–Trinajstić information content (AvgIpc) is 2.68. The molecule has 0 unspecified atom stereocenters. The molecule has 7 nitrogen and oxygen atoms in total. The van der Waals surface area contributed by atoms with Crippen molar-refractivity contribution in [1.82, 2.24) is 9.62 Å². The van der Waals surface area contributed by atoms with E-state index >= 15 is 0 Å². The van der Waals surface area contributed by atoms with Crippen LogP contribution in [-0.2, 0) is 14.8 Å². The van der Waals surface area contributed by atoms with Gasteiger partial charge in [0.1, 0.15) is 0 Å².